The number of hydrogen-bond acceptors (Lipinski definition) is 1. The third-order valence-corrected chi connectivity index (χ3v) is 11.1. The minimum Gasteiger partial charge on any atom is -0.0739 e. The molecule has 4 atom stereocenters. The lowest BCUT2D eigenvalue weighted by atomic mass is 10.0. The van der Waals surface area contributed by atoms with Gasteiger partial charge in [-0.2, -0.15) is 0 Å². The van der Waals surface area contributed by atoms with E-state index in [9.17, 15) is 4.57 Å². The second-order valence-corrected chi connectivity index (χ2v) is 13.7. The van der Waals surface area contributed by atoms with Crippen LogP contribution in [0.4, 0.5) is 0 Å². The SMILES string of the molecule is CC(C1CCCC1[P+](=O)C(C)(C)C)P(c1ccccc1)c1ccccc1. The Labute approximate surface area is 161 Å². The van der Waals surface area contributed by atoms with Gasteiger partial charge in [0.25, 0.3) is 0 Å². The van der Waals surface area contributed by atoms with Crippen LogP contribution in [0.15, 0.2) is 60.7 Å². The van der Waals surface area contributed by atoms with Gasteiger partial charge in [-0.25, -0.2) is 0 Å². The molecule has 2 aromatic carbocycles. The molecule has 0 aliphatic heterocycles. The second kappa shape index (κ2) is 8.33. The van der Waals surface area contributed by atoms with Gasteiger partial charge in [-0.3, -0.25) is 0 Å². The van der Waals surface area contributed by atoms with Crippen LogP contribution in [-0.4, -0.2) is 16.5 Å². The Bertz CT molecular complexity index is 681. The maximum atomic E-state index is 13.2. The lowest BCUT2D eigenvalue weighted by molar-refractivity contribution is 0.504. The Hall–Kier alpha value is -1.03. The molecule has 26 heavy (non-hydrogen) atoms. The fourth-order valence-electron chi connectivity index (χ4n) is 4.31. The predicted octanol–water partition coefficient (Wildman–Crippen LogP) is 6.30. The van der Waals surface area contributed by atoms with E-state index in [1.807, 2.05) is 0 Å². The zero-order valence-corrected chi connectivity index (χ0v) is 18.2. The van der Waals surface area contributed by atoms with E-state index >= 15 is 0 Å². The van der Waals surface area contributed by atoms with E-state index in [1.165, 1.54) is 23.5 Å². The molecule has 2 aromatic rings. The van der Waals surface area contributed by atoms with Gasteiger partial charge in [-0.05, 0) is 64.2 Å². The molecule has 0 bridgehead atoms. The summed E-state index contributed by atoms with van der Waals surface area (Å²) in [6, 6.07) is 21.9. The van der Waals surface area contributed by atoms with Crippen LogP contribution in [0, 0.1) is 5.92 Å². The molecule has 0 heterocycles. The summed E-state index contributed by atoms with van der Waals surface area (Å²) in [7, 11) is -1.64. The normalized spacial score (nSPS) is 22.4. The maximum Gasteiger partial charge on any atom is 0.347 e. The molecule has 0 amide bonds. The summed E-state index contributed by atoms with van der Waals surface area (Å²) in [6.45, 7) is 8.84. The standard InChI is InChI=1S/C23H31OP2/c1-18(21-16-11-17-22(21)26(24)23(2,3)4)25(19-12-7-5-8-13-19)20-14-9-6-10-15-20/h5-10,12-15,18,21-22H,11,16-17H2,1-4H3/q+1. The van der Waals surface area contributed by atoms with Crippen LogP contribution in [0.5, 0.6) is 0 Å². The van der Waals surface area contributed by atoms with E-state index in [-0.39, 0.29) is 5.16 Å². The van der Waals surface area contributed by atoms with E-state index in [1.54, 1.807) is 0 Å². The Balaban J connectivity index is 1.95. The zero-order valence-electron chi connectivity index (χ0n) is 16.4. The number of benzene rings is 2. The van der Waals surface area contributed by atoms with E-state index in [0.717, 1.165) is 6.42 Å². The zero-order chi connectivity index (χ0) is 18.7. The van der Waals surface area contributed by atoms with Gasteiger partial charge in [0.2, 0.25) is 0 Å². The van der Waals surface area contributed by atoms with Crippen LogP contribution >= 0.6 is 15.7 Å². The van der Waals surface area contributed by atoms with E-state index in [0.29, 0.717) is 17.2 Å². The Morgan fingerprint density at radius 1 is 0.923 bits per heavy atom. The molecule has 0 spiro atoms. The molecule has 3 heteroatoms. The van der Waals surface area contributed by atoms with Gasteiger partial charge >= 0.3 is 7.80 Å². The Morgan fingerprint density at radius 2 is 1.42 bits per heavy atom. The molecule has 0 radical (unpaired) electrons. The highest BCUT2D eigenvalue weighted by Crippen LogP contribution is 2.56. The molecule has 0 aromatic heterocycles. The first-order chi connectivity index (χ1) is 12.4. The fraction of sp³-hybridized carbons (Fsp3) is 0.478. The molecule has 0 N–H and O–H groups in total. The minimum absolute atomic E-state index is 0.0927. The van der Waals surface area contributed by atoms with Gasteiger partial charge in [-0.15, -0.1) is 0 Å². The monoisotopic (exact) mass is 385 g/mol. The lowest BCUT2D eigenvalue weighted by Gasteiger charge is -2.31. The molecule has 4 unspecified atom stereocenters. The quantitative estimate of drug-likeness (QED) is 0.552. The highest BCUT2D eigenvalue weighted by molar-refractivity contribution is 7.73. The average molecular weight is 385 g/mol. The molecule has 0 saturated heterocycles. The molecular formula is C23H31OP2+. The summed E-state index contributed by atoms with van der Waals surface area (Å²) >= 11 is 0. The molecule has 1 nitrogen and oxygen atoms in total. The van der Waals surface area contributed by atoms with E-state index < -0.39 is 15.7 Å². The fourth-order valence-corrected chi connectivity index (χ4v) is 9.58. The molecule has 1 aliphatic rings. The first-order valence-corrected chi connectivity index (χ1v) is 12.5. The Morgan fingerprint density at radius 3 is 1.88 bits per heavy atom. The van der Waals surface area contributed by atoms with Gasteiger partial charge in [0.05, 0.1) is 0 Å². The summed E-state index contributed by atoms with van der Waals surface area (Å²) in [6.07, 6.45) is 3.58. The largest absolute Gasteiger partial charge is 0.347 e. The van der Waals surface area contributed by atoms with Crippen LogP contribution in [0.25, 0.3) is 0 Å². The molecule has 1 saturated carbocycles. The van der Waals surface area contributed by atoms with Gasteiger partial charge in [-0.1, -0.05) is 72.2 Å². The topological polar surface area (TPSA) is 17.1 Å². The summed E-state index contributed by atoms with van der Waals surface area (Å²) in [5.74, 6) is 0.560. The van der Waals surface area contributed by atoms with Crippen molar-refractivity contribution in [3.63, 3.8) is 0 Å². The van der Waals surface area contributed by atoms with Crippen molar-refractivity contribution in [1.29, 1.82) is 0 Å². The van der Waals surface area contributed by atoms with E-state index in [2.05, 4.69) is 88.4 Å². The Kier molecular flexibility index (Phi) is 6.32. The number of hydrogen-bond donors (Lipinski definition) is 0. The third kappa shape index (κ3) is 4.27. The summed E-state index contributed by atoms with van der Waals surface area (Å²) in [4.78, 5) is 0. The van der Waals surface area contributed by atoms with Crippen molar-refractivity contribution < 1.29 is 4.57 Å². The molecule has 1 fully saturated rings. The second-order valence-electron chi connectivity index (χ2n) is 8.44. The van der Waals surface area contributed by atoms with Crippen molar-refractivity contribution in [3.8, 4) is 0 Å². The minimum atomic E-state index is -1.20. The average Bonchev–Trinajstić information content (AvgIpc) is 3.12. The molecule has 1 aliphatic carbocycles. The summed E-state index contributed by atoms with van der Waals surface area (Å²) in [5.41, 5.74) is 0.918. The maximum absolute atomic E-state index is 13.2. The van der Waals surface area contributed by atoms with Crippen molar-refractivity contribution in [2.45, 2.75) is 63.4 Å². The third-order valence-electron chi connectivity index (χ3n) is 5.59. The van der Waals surface area contributed by atoms with Gasteiger partial charge in [0.1, 0.15) is 0 Å². The van der Waals surface area contributed by atoms with Crippen LogP contribution < -0.4 is 10.6 Å². The molecular weight excluding hydrogens is 354 g/mol. The summed E-state index contributed by atoms with van der Waals surface area (Å²) in [5, 5.41) is 2.79. The highest BCUT2D eigenvalue weighted by Gasteiger charge is 2.50. The first kappa shape index (κ1) is 19.7. The lowest BCUT2D eigenvalue weighted by Crippen LogP contribution is -2.31. The first-order valence-electron chi connectivity index (χ1n) is 9.75. The number of rotatable bonds is 5. The van der Waals surface area contributed by atoms with Crippen LogP contribution in [0.1, 0.15) is 47.0 Å². The van der Waals surface area contributed by atoms with Crippen molar-refractivity contribution >= 4 is 26.3 Å². The smallest absolute Gasteiger partial charge is 0.0739 e. The highest BCUT2D eigenvalue weighted by atomic mass is 31.1. The predicted molar refractivity (Wildman–Crippen MR) is 117 cm³/mol. The van der Waals surface area contributed by atoms with Crippen LogP contribution in [0.2, 0.25) is 0 Å². The molecule has 3 rings (SSSR count). The van der Waals surface area contributed by atoms with Crippen molar-refractivity contribution in [1.82, 2.24) is 0 Å². The van der Waals surface area contributed by atoms with Crippen LogP contribution in [-0.2, 0) is 4.57 Å². The van der Waals surface area contributed by atoms with Gasteiger partial charge in [0, 0.05) is 5.92 Å². The van der Waals surface area contributed by atoms with E-state index in [4.69, 9.17) is 0 Å². The molecule has 138 valence electrons. The van der Waals surface area contributed by atoms with Crippen LogP contribution in [0.3, 0.4) is 0 Å². The van der Waals surface area contributed by atoms with Crippen molar-refractivity contribution in [2.24, 2.45) is 5.92 Å². The van der Waals surface area contributed by atoms with Gasteiger partial charge < -0.3 is 0 Å². The van der Waals surface area contributed by atoms with Crippen molar-refractivity contribution in [3.05, 3.63) is 60.7 Å². The summed E-state index contributed by atoms with van der Waals surface area (Å²) < 4.78 is 13.2. The van der Waals surface area contributed by atoms with Gasteiger partial charge in [0.15, 0.2) is 10.8 Å². The van der Waals surface area contributed by atoms with Crippen molar-refractivity contribution in [2.75, 3.05) is 0 Å².